The molecule has 0 spiro atoms. The van der Waals surface area contributed by atoms with Crippen molar-refractivity contribution in [3.8, 4) is 0 Å². The Balaban J connectivity index is 0. The zero-order chi connectivity index (χ0) is 7.40. The van der Waals surface area contributed by atoms with Gasteiger partial charge in [0.15, 0.2) is 0 Å². The maximum atomic E-state index is 10.8. The molecule has 0 saturated carbocycles. The molecular weight excluding hydrogens is 277 g/mol. The van der Waals surface area contributed by atoms with E-state index in [4.69, 9.17) is 0 Å². The van der Waals surface area contributed by atoms with Crippen molar-refractivity contribution in [2.45, 2.75) is 6.92 Å². The maximum absolute atomic E-state index is 10.8. The molecule has 1 aromatic heterocycles. The quantitative estimate of drug-likeness (QED) is 0.473. The molecule has 0 amide bonds. The molecule has 5 heteroatoms. The molecule has 0 bridgehead atoms. The zero-order valence-corrected chi connectivity index (χ0v) is 11.4. The van der Waals surface area contributed by atoms with Gasteiger partial charge in [-0.25, -0.2) is 0 Å². The fourth-order valence-corrected chi connectivity index (χ4v) is 0.553. The van der Waals surface area contributed by atoms with Gasteiger partial charge in [0.2, 0.25) is 0 Å². The average Bonchev–Trinajstić information content (AvgIpc) is 2.38. The van der Waals surface area contributed by atoms with Crippen LogP contribution in [0.25, 0.3) is 0 Å². The monoisotopic (exact) mass is 283 g/mol. The molecule has 0 aliphatic rings. The van der Waals surface area contributed by atoms with E-state index in [9.17, 15) is 4.79 Å². The molecule has 0 radical (unpaired) electrons. The van der Waals surface area contributed by atoms with Crippen LogP contribution in [0.2, 0.25) is 0 Å². The van der Waals surface area contributed by atoms with Crippen molar-refractivity contribution in [1.82, 2.24) is 0 Å². The van der Waals surface area contributed by atoms with Crippen LogP contribution < -0.4 is 0 Å². The summed E-state index contributed by atoms with van der Waals surface area (Å²) in [5.41, 5.74) is 0. The molecule has 0 N–H and O–H groups in total. The molecule has 64 valence electrons. The van der Waals surface area contributed by atoms with Crippen molar-refractivity contribution in [1.29, 1.82) is 0 Å². The number of hydrogen-bond donors (Lipinski definition) is 0. The van der Waals surface area contributed by atoms with E-state index in [2.05, 4.69) is 15.4 Å². The predicted octanol–water partition coefficient (Wildman–Crippen LogP) is 1.83. The van der Waals surface area contributed by atoms with Crippen LogP contribution in [-0.2, 0) is 24.2 Å². The van der Waals surface area contributed by atoms with E-state index in [-0.39, 0.29) is 42.2 Å². The van der Waals surface area contributed by atoms with Gasteiger partial charge in [-0.05, 0) is 13.2 Å². The Hall–Kier alpha value is -0.147. The molecule has 0 unspecified atom stereocenters. The largest absolute Gasteiger partial charge is 0.585 e. The van der Waals surface area contributed by atoms with E-state index in [1.54, 1.807) is 6.92 Å². The van der Waals surface area contributed by atoms with Crippen molar-refractivity contribution in [2.75, 3.05) is 6.61 Å². The standard InChI is InChI=1S/C7H7O3.BrH.Zn/c1-2-9-7(8)6-4-3-5-10-6;;/h3-4H,2H2,1H3;1H;/q-1;;. The van der Waals surface area contributed by atoms with Gasteiger partial charge in [-0.2, -0.15) is 6.07 Å². The third kappa shape index (κ3) is 4.02. The van der Waals surface area contributed by atoms with E-state index < -0.39 is 5.97 Å². The smallest absolute Gasteiger partial charge is 0.303 e. The topological polar surface area (TPSA) is 39.4 Å². The van der Waals surface area contributed by atoms with Gasteiger partial charge >= 0.3 is 5.97 Å². The van der Waals surface area contributed by atoms with Crippen molar-refractivity contribution in [2.24, 2.45) is 0 Å². The summed E-state index contributed by atoms with van der Waals surface area (Å²) in [4.78, 5) is 10.8. The Bertz CT molecular complexity index is 210. The number of furan rings is 1. The van der Waals surface area contributed by atoms with Crippen LogP contribution in [-0.4, -0.2) is 12.6 Å². The fourth-order valence-electron chi connectivity index (χ4n) is 0.553. The first-order valence-electron chi connectivity index (χ1n) is 2.97. The number of carbonyl (C=O) groups excluding carboxylic acids is 1. The van der Waals surface area contributed by atoms with E-state index in [0.717, 1.165) is 0 Å². The summed E-state index contributed by atoms with van der Waals surface area (Å²) in [5.74, 6) is -0.245. The summed E-state index contributed by atoms with van der Waals surface area (Å²) in [6, 6.07) is 3.03. The van der Waals surface area contributed by atoms with Crippen LogP contribution in [0.15, 0.2) is 16.5 Å². The predicted molar refractivity (Wildman–Crippen MR) is 43.8 cm³/mol. The third-order valence-electron chi connectivity index (χ3n) is 0.948. The SMILES string of the molecule is Br.CCOC(=O)c1cc[c-]o1.[Zn]. The van der Waals surface area contributed by atoms with Gasteiger partial charge in [0.05, 0.1) is 12.4 Å². The summed E-state index contributed by atoms with van der Waals surface area (Å²) in [6.07, 6.45) is 2.39. The van der Waals surface area contributed by atoms with Gasteiger partial charge in [-0.3, -0.25) is 4.79 Å². The number of carbonyl (C=O) groups is 1. The molecule has 0 saturated heterocycles. The van der Waals surface area contributed by atoms with Crippen LogP contribution >= 0.6 is 17.0 Å². The van der Waals surface area contributed by atoms with E-state index in [1.165, 1.54) is 12.1 Å². The first-order valence-corrected chi connectivity index (χ1v) is 2.97. The minimum absolute atomic E-state index is 0. The van der Waals surface area contributed by atoms with Crippen molar-refractivity contribution in [3.05, 3.63) is 24.2 Å². The Morgan fingerprint density at radius 2 is 2.42 bits per heavy atom. The van der Waals surface area contributed by atoms with E-state index in [1.807, 2.05) is 0 Å². The van der Waals surface area contributed by atoms with Crippen LogP contribution in [0, 0.1) is 6.26 Å². The second-order valence-electron chi connectivity index (χ2n) is 1.64. The molecule has 0 aliphatic carbocycles. The van der Waals surface area contributed by atoms with Gasteiger partial charge in [-0.1, -0.05) is 0 Å². The maximum Gasteiger partial charge on any atom is 0.303 e. The summed E-state index contributed by atoms with van der Waals surface area (Å²) in [5, 5.41) is 0. The Morgan fingerprint density at radius 1 is 1.75 bits per heavy atom. The van der Waals surface area contributed by atoms with Crippen molar-refractivity contribution >= 4 is 23.0 Å². The Morgan fingerprint density at radius 3 is 2.83 bits per heavy atom. The van der Waals surface area contributed by atoms with Gasteiger partial charge in [0.1, 0.15) is 0 Å². The van der Waals surface area contributed by atoms with Crippen LogP contribution in [0.5, 0.6) is 0 Å². The summed E-state index contributed by atoms with van der Waals surface area (Å²) in [6.45, 7) is 2.10. The van der Waals surface area contributed by atoms with E-state index >= 15 is 0 Å². The van der Waals surface area contributed by atoms with Crippen molar-refractivity contribution < 1.29 is 33.4 Å². The number of esters is 1. The first-order chi connectivity index (χ1) is 4.84. The molecule has 12 heavy (non-hydrogen) atoms. The molecule has 3 nitrogen and oxygen atoms in total. The Kier molecular flexibility index (Phi) is 8.99. The van der Waals surface area contributed by atoms with Crippen LogP contribution in [0.1, 0.15) is 17.5 Å². The second-order valence-corrected chi connectivity index (χ2v) is 1.64. The molecule has 0 fully saturated rings. The molecule has 0 aliphatic heterocycles. The Labute approximate surface area is 94.0 Å². The number of hydrogen-bond acceptors (Lipinski definition) is 3. The van der Waals surface area contributed by atoms with Gasteiger partial charge in [-0.15, -0.1) is 23.0 Å². The molecular formula is C7H8BrO3Zn-. The van der Waals surface area contributed by atoms with Gasteiger partial charge < -0.3 is 9.15 Å². The van der Waals surface area contributed by atoms with Crippen LogP contribution in [0.3, 0.4) is 0 Å². The molecule has 1 heterocycles. The number of halogens is 1. The second kappa shape index (κ2) is 7.50. The molecule has 0 atom stereocenters. The van der Waals surface area contributed by atoms with Crippen molar-refractivity contribution in [3.63, 3.8) is 0 Å². The number of ether oxygens (including phenoxy) is 1. The fraction of sp³-hybridized carbons (Fsp3) is 0.286. The normalized spacial score (nSPS) is 7.75. The average molecular weight is 285 g/mol. The zero-order valence-electron chi connectivity index (χ0n) is 6.70. The minimum atomic E-state index is -0.441. The first kappa shape index (κ1) is 14.4. The molecule has 1 aromatic rings. The van der Waals surface area contributed by atoms with Gasteiger partial charge in [0, 0.05) is 19.5 Å². The number of rotatable bonds is 2. The van der Waals surface area contributed by atoms with Crippen LogP contribution in [0.4, 0.5) is 0 Å². The van der Waals surface area contributed by atoms with Gasteiger partial charge in [0.25, 0.3) is 0 Å². The summed E-state index contributed by atoms with van der Waals surface area (Å²) in [7, 11) is 0. The minimum Gasteiger partial charge on any atom is -0.585 e. The molecule has 1 rings (SSSR count). The summed E-state index contributed by atoms with van der Waals surface area (Å²) < 4.78 is 9.28. The summed E-state index contributed by atoms with van der Waals surface area (Å²) >= 11 is 0. The third-order valence-corrected chi connectivity index (χ3v) is 0.948. The molecule has 0 aromatic carbocycles. The van der Waals surface area contributed by atoms with E-state index in [0.29, 0.717) is 6.61 Å².